The van der Waals surface area contributed by atoms with Crippen molar-refractivity contribution in [3.63, 3.8) is 0 Å². The summed E-state index contributed by atoms with van der Waals surface area (Å²) in [6, 6.07) is 6.52. The van der Waals surface area contributed by atoms with E-state index in [1.165, 1.54) is 12.8 Å². The van der Waals surface area contributed by atoms with Crippen molar-refractivity contribution in [3.8, 4) is 0 Å². The predicted molar refractivity (Wildman–Crippen MR) is 52.0 cm³/mol. The SMILES string of the molecule is NCN1CCCC1c1ccccn1. The van der Waals surface area contributed by atoms with E-state index in [2.05, 4.69) is 16.0 Å². The molecular weight excluding hydrogens is 162 g/mol. The second-order valence-corrected chi connectivity index (χ2v) is 3.41. The molecule has 1 saturated heterocycles. The van der Waals surface area contributed by atoms with Crippen LogP contribution in [-0.2, 0) is 0 Å². The Morgan fingerprint density at radius 3 is 3.15 bits per heavy atom. The highest BCUT2D eigenvalue weighted by molar-refractivity contribution is 5.10. The first kappa shape index (κ1) is 8.66. The average Bonchev–Trinajstić information content (AvgIpc) is 2.67. The predicted octanol–water partition coefficient (Wildman–Crippen LogP) is 1.13. The van der Waals surface area contributed by atoms with Gasteiger partial charge in [-0.25, -0.2) is 0 Å². The van der Waals surface area contributed by atoms with Gasteiger partial charge in [-0.2, -0.15) is 0 Å². The van der Waals surface area contributed by atoms with Gasteiger partial charge in [-0.1, -0.05) is 6.07 Å². The fourth-order valence-corrected chi connectivity index (χ4v) is 1.95. The molecule has 70 valence electrons. The van der Waals surface area contributed by atoms with Gasteiger partial charge in [0.2, 0.25) is 0 Å². The summed E-state index contributed by atoms with van der Waals surface area (Å²) in [5, 5.41) is 0. The molecule has 1 aliphatic rings. The van der Waals surface area contributed by atoms with Crippen LogP contribution in [0.3, 0.4) is 0 Å². The standard InChI is InChI=1S/C10H15N3/c11-8-13-7-3-5-10(13)9-4-1-2-6-12-9/h1-2,4,6,10H,3,5,7-8,11H2. The van der Waals surface area contributed by atoms with Crippen molar-refractivity contribution in [1.29, 1.82) is 0 Å². The summed E-state index contributed by atoms with van der Waals surface area (Å²) in [6.45, 7) is 1.75. The van der Waals surface area contributed by atoms with Crippen LogP contribution in [-0.4, -0.2) is 23.1 Å². The zero-order chi connectivity index (χ0) is 9.10. The topological polar surface area (TPSA) is 42.1 Å². The third kappa shape index (κ3) is 1.71. The molecule has 13 heavy (non-hydrogen) atoms. The molecule has 0 amide bonds. The lowest BCUT2D eigenvalue weighted by Gasteiger charge is -2.21. The number of rotatable bonds is 2. The molecule has 0 bridgehead atoms. The van der Waals surface area contributed by atoms with Crippen molar-refractivity contribution in [3.05, 3.63) is 30.1 Å². The lowest BCUT2D eigenvalue weighted by Crippen LogP contribution is -2.29. The maximum absolute atomic E-state index is 5.66. The van der Waals surface area contributed by atoms with E-state index in [0.29, 0.717) is 12.7 Å². The van der Waals surface area contributed by atoms with Crippen molar-refractivity contribution >= 4 is 0 Å². The third-order valence-corrected chi connectivity index (χ3v) is 2.63. The molecule has 1 fully saturated rings. The number of likely N-dealkylation sites (tertiary alicyclic amines) is 1. The lowest BCUT2D eigenvalue weighted by molar-refractivity contribution is 0.260. The second kappa shape index (κ2) is 3.85. The van der Waals surface area contributed by atoms with Crippen LogP contribution in [0.1, 0.15) is 24.6 Å². The number of aromatic nitrogens is 1. The smallest absolute Gasteiger partial charge is 0.0575 e. The fraction of sp³-hybridized carbons (Fsp3) is 0.500. The highest BCUT2D eigenvalue weighted by Crippen LogP contribution is 2.29. The van der Waals surface area contributed by atoms with Gasteiger partial charge < -0.3 is 5.73 Å². The Morgan fingerprint density at radius 2 is 2.46 bits per heavy atom. The summed E-state index contributed by atoms with van der Waals surface area (Å²) in [6.07, 6.45) is 4.27. The first-order valence-electron chi connectivity index (χ1n) is 4.77. The molecule has 0 aliphatic carbocycles. The Balaban J connectivity index is 2.16. The summed E-state index contributed by atoms with van der Waals surface area (Å²) in [5.41, 5.74) is 6.82. The molecule has 0 radical (unpaired) electrons. The quantitative estimate of drug-likeness (QED) is 0.736. The van der Waals surface area contributed by atoms with Gasteiger partial charge in [0.25, 0.3) is 0 Å². The molecule has 0 aromatic carbocycles. The van der Waals surface area contributed by atoms with Gasteiger partial charge in [-0.15, -0.1) is 0 Å². The van der Waals surface area contributed by atoms with Gasteiger partial charge >= 0.3 is 0 Å². The molecular formula is C10H15N3. The Hall–Kier alpha value is -0.930. The zero-order valence-electron chi connectivity index (χ0n) is 7.69. The molecule has 1 aromatic rings. The Morgan fingerprint density at radius 1 is 1.54 bits per heavy atom. The van der Waals surface area contributed by atoms with Crippen LogP contribution < -0.4 is 5.73 Å². The number of pyridine rings is 1. The van der Waals surface area contributed by atoms with E-state index in [-0.39, 0.29) is 0 Å². The highest BCUT2D eigenvalue weighted by Gasteiger charge is 2.25. The van der Waals surface area contributed by atoms with Crippen LogP contribution in [0.25, 0.3) is 0 Å². The van der Waals surface area contributed by atoms with Crippen LogP contribution in [0, 0.1) is 0 Å². The van der Waals surface area contributed by atoms with E-state index in [1.807, 2.05) is 18.3 Å². The summed E-state index contributed by atoms with van der Waals surface area (Å²) >= 11 is 0. The Kier molecular flexibility index (Phi) is 2.57. The van der Waals surface area contributed by atoms with Crippen molar-refractivity contribution in [2.75, 3.05) is 13.2 Å². The van der Waals surface area contributed by atoms with Crippen molar-refractivity contribution in [2.24, 2.45) is 5.73 Å². The van der Waals surface area contributed by atoms with Gasteiger partial charge in [0, 0.05) is 19.4 Å². The van der Waals surface area contributed by atoms with E-state index in [4.69, 9.17) is 5.73 Å². The molecule has 2 rings (SSSR count). The normalized spacial score (nSPS) is 23.6. The van der Waals surface area contributed by atoms with E-state index in [1.54, 1.807) is 0 Å². The summed E-state index contributed by atoms with van der Waals surface area (Å²) in [7, 11) is 0. The number of nitrogens with two attached hydrogens (primary N) is 1. The Labute approximate surface area is 78.6 Å². The first-order valence-corrected chi connectivity index (χ1v) is 4.77. The summed E-state index contributed by atoms with van der Waals surface area (Å²) in [4.78, 5) is 6.64. The number of nitrogens with zero attached hydrogens (tertiary/aromatic N) is 2. The van der Waals surface area contributed by atoms with Crippen LogP contribution >= 0.6 is 0 Å². The molecule has 0 spiro atoms. The third-order valence-electron chi connectivity index (χ3n) is 2.63. The first-order chi connectivity index (χ1) is 6.42. The summed E-state index contributed by atoms with van der Waals surface area (Å²) in [5.74, 6) is 0. The number of hydrogen-bond donors (Lipinski definition) is 1. The zero-order valence-corrected chi connectivity index (χ0v) is 7.69. The lowest BCUT2D eigenvalue weighted by atomic mass is 10.1. The van der Waals surface area contributed by atoms with Crippen molar-refractivity contribution in [1.82, 2.24) is 9.88 Å². The maximum atomic E-state index is 5.66. The maximum Gasteiger partial charge on any atom is 0.0575 e. The second-order valence-electron chi connectivity index (χ2n) is 3.41. The van der Waals surface area contributed by atoms with Crippen LogP contribution in [0.2, 0.25) is 0 Å². The van der Waals surface area contributed by atoms with Gasteiger partial charge in [-0.3, -0.25) is 9.88 Å². The van der Waals surface area contributed by atoms with Crippen molar-refractivity contribution in [2.45, 2.75) is 18.9 Å². The van der Waals surface area contributed by atoms with Gasteiger partial charge in [0.05, 0.1) is 11.7 Å². The molecule has 3 heteroatoms. The minimum Gasteiger partial charge on any atom is -0.318 e. The van der Waals surface area contributed by atoms with E-state index in [9.17, 15) is 0 Å². The fourth-order valence-electron chi connectivity index (χ4n) is 1.95. The molecule has 2 heterocycles. The Bertz CT molecular complexity index is 260. The van der Waals surface area contributed by atoms with Crippen LogP contribution in [0.5, 0.6) is 0 Å². The molecule has 2 N–H and O–H groups in total. The van der Waals surface area contributed by atoms with E-state index >= 15 is 0 Å². The van der Waals surface area contributed by atoms with Gasteiger partial charge in [0.15, 0.2) is 0 Å². The van der Waals surface area contributed by atoms with Gasteiger partial charge in [0.1, 0.15) is 0 Å². The monoisotopic (exact) mass is 177 g/mol. The highest BCUT2D eigenvalue weighted by atomic mass is 15.2. The summed E-state index contributed by atoms with van der Waals surface area (Å²) < 4.78 is 0. The molecule has 1 unspecified atom stereocenters. The van der Waals surface area contributed by atoms with E-state index in [0.717, 1.165) is 12.2 Å². The minimum atomic E-state index is 0.450. The van der Waals surface area contributed by atoms with Crippen molar-refractivity contribution < 1.29 is 0 Å². The average molecular weight is 177 g/mol. The molecule has 0 saturated carbocycles. The molecule has 1 aliphatic heterocycles. The number of hydrogen-bond acceptors (Lipinski definition) is 3. The van der Waals surface area contributed by atoms with Gasteiger partial charge in [-0.05, 0) is 25.0 Å². The minimum absolute atomic E-state index is 0.450. The molecule has 1 atom stereocenters. The molecule has 1 aromatic heterocycles. The van der Waals surface area contributed by atoms with E-state index < -0.39 is 0 Å². The van der Waals surface area contributed by atoms with Crippen LogP contribution in [0.4, 0.5) is 0 Å². The largest absolute Gasteiger partial charge is 0.318 e. The van der Waals surface area contributed by atoms with Crippen LogP contribution in [0.15, 0.2) is 24.4 Å². The molecule has 3 nitrogen and oxygen atoms in total.